The number of nitrogens with zero attached hydrogens (tertiary/aromatic N) is 2. The Kier molecular flexibility index (Phi) is 4.35. The van der Waals surface area contributed by atoms with Crippen LogP contribution >= 0.6 is 0 Å². The van der Waals surface area contributed by atoms with Crippen molar-refractivity contribution in [2.45, 2.75) is 46.0 Å². The number of nitrogens with one attached hydrogen (secondary N) is 1. The molecule has 1 aromatic rings. The molecule has 1 saturated carbocycles. The number of aryl methyl sites for hydroxylation is 1. The highest BCUT2D eigenvalue weighted by molar-refractivity contribution is 5.34. The van der Waals surface area contributed by atoms with Gasteiger partial charge in [-0.15, -0.1) is 0 Å². The van der Waals surface area contributed by atoms with Crippen LogP contribution in [-0.4, -0.2) is 16.5 Å². The van der Waals surface area contributed by atoms with Crippen LogP contribution in [0.4, 0.5) is 5.82 Å². The van der Waals surface area contributed by atoms with Gasteiger partial charge in [0.2, 0.25) is 0 Å². The van der Waals surface area contributed by atoms with Crippen LogP contribution in [0.2, 0.25) is 0 Å². The van der Waals surface area contributed by atoms with Gasteiger partial charge >= 0.3 is 0 Å². The van der Waals surface area contributed by atoms with Gasteiger partial charge in [-0.25, -0.2) is 9.97 Å². The van der Waals surface area contributed by atoms with Gasteiger partial charge in [-0.2, -0.15) is 0 Å². The maximum Gasteiger partial charge on any atom is 0.129 e. The normalized spacial score (nSPS) is 24.6. The molecule has 1 N–H and O–H groups in total. The molecule has 0 saturated heterocycles. The summed E-state index contributed by atoms with van der Waals surface area (Å²) in [6, 6.07) is 2.01. The van der Waals surface area contributed by atoms with E-state index < -0.39 is 0 Å². The lowest BCUT2D eigenvalue weighted by atomic mass is 9.81. The van der Waals surface area contributed by atoms with Crippen LogP contribution in [0.15, 0.2) is 12.4 Å². The number of rotatable bonds is 4. The van der Waals surface area contributed by atoms with E-state index in [1.807, 2.05) is 13.0 Å². The Morgan fingerprint density at radius 2 is 1.88 bits per heavy atom. The maximum absolute atomic E-state index is 4.23. The summed E-state index contributed by atoms with van der Waals surface area (Å²) in [4.78, 5) is 8.34. The summed E-state index contributed by atoms with van der Waals surface area (Å²) in [7, 11) is 0. The Morgan fingerprint density at radius 1 is 1.18 bits per heavy atom. The van der Waals surface area contributed by atoms with Crippen LogP contribution < -0.4 is 5.32 Å². The van der Waals surface area contributed by atoms with Gasteiger partial charge in [0.05, 0.1) is 0 Å². The smallest absolute Gasteiger partial charge is 0.129 e. The molecule has 2 rings (SSSR count). The van der Waals surface area contributed by atoms with E-state index in [2.05, 4.69) is 22.2 Å². The molecule has 0 amide bonds. The van der Waals surface area contributed by atoms with Gasteiger partial charge in [0.25, 0.3) is 0 Å². The molecular weight excluding hydrogens is 210 g/mol. The quantitative estimate of drug-likeness (QED) is 0.866. The minimum absolute atomic E-state index is 0.827. The second kappa shape index (κ2) is 5.99. The van der Waals surface area contributed by atoms with E-state index in [-0.39, 0.29) is 0 Å². The Bertz CT molecular complexity index is 343. The molecule has 0 aliphatic heterocycles. The largest absolute Gasteiger partial charge is 0.370 e. The minimum atomic E-state index is 0.827. The Balaban J connectivity index is 1.76. The van der Waals surface area contributed by atoms with Crippen LogP contribution in [0.5, 0.6) is 0 Å². The first-order valence-corrected chi connectivity index (χ1v) is 6.80. The predicted octanol–water partition coefficient (Wildman–Crippen LogP) is 3.41. The van der Waals surface area contributed by atoms with Crippen molar-refractivity contribution in [3.63, 3.8) is 0 Å². The summed E-state index contributed by atoms with van der Waals surface area (Å²) >= 11 is 0. The predicted molar refractivity (Wildman–Crippen MR) is 71.0 cm³/mol. The van der Waals surface area contributed by atoms with E-state index in [4.69, 9.17) is 0 Å². The molecule has 0 unspecified atom stereocenters. The van der Waals surface area contributed by atoms with E-state index >= 15 is 0 Å². The summed E-state index contributed by atoms with van der Waals surface area (Å²) < 4.78 is 0. The van der Waals surface area contributed by atoms with E-state index in [9.17, 15) is 0 Å². The van der Waals surface area contributed by atoms with Crippen molar-refractivity contribution in [2.24, 2.45) is 11.8 Å². The lowest BCUT2D eigenvalue weighted by molar-refractivity contribution is 0.278. The van der Waals surface area contributed by atoms with E-state index in [1.165, 1.54) is 32.1 Å². The van der Waals surface area contributed by atoms with Crippen LogP contribution in [0.3, 0.4) is 0 Å². The van der Waals surface area contributed by atoms with Gasteiger partial charge in [0.15, 0.2) is 0 Å². The Hall–Kier alpha value is -1.12. The molecule has 0 radical (unpaired) electrons. The average molecular weight is 233 g/mol. The van der Waals surface area contributed by atoms with Gasteiger partial charge in [0.1, 0.15) is 12.1 Å². The van der Waals surface area contributed by atoms with Crippen molar-refractivity contribution in [3.8, 4) is 0 Å². The second-order valence-electron chi connectivity index (χ2n) is 5.22. The third kappa shape index (κ3) is 3.69. The molecule has 17 heavy (non-hydrogen) atoms. The highest BCUT2D eigenvalue weighted by Gasteiger charge is 2.19. The fraction of sp³-hybridized carbons (Fsp3) is 0.714. The molecule has 1 aromatic heterocycles. The third-order valence-corrected chi connectivity index (χ3v) is 3.92. The standard InChI is InChI=1S/C14H23N3/c1-3-12-4-6-13(7-5-12)9-15-14-8-11(2)16-10-17-14/h8,10,12-13H,3-7,9H2,1-2H3,(H,15,16,17). The zero-order valence-electron chi connectivity index (χ0n) is 10.9. The van der Waals surface area contributed by atoms with Gasteiger partial charge in [-0.3, -0.25) is 0 Å². The molecule has 1 fully saturated rings. The fourth-order valence-electron chi connectivity index (χ4n) is 2.64. The zero-order valence-corrected chi connectivity index (χ0v) is 10.9. The van der Waals surface area contributed by atoms with Gasteiger partial charge in [-0.05, 0) is 31.6 Å². The van der Waals surface area contributed by atoms with Crippen LogP contribution in [0.25, 0.3) is 0 Å². The summed E-state index contributed by atoms with van der Waals surface area (Å²) in [5.41, 5.74) is 1.03. The van der Waals surface area contributed by atoms with Gasteiger partial charge < -0.3 is 5.32 Å². The molecule has 0 atom stereocenters. The Morgan fingerprint density at radius 3 is 2.53 bits per heavy atom. The van der Waals surface area contributed by atoms with Crippen molar-refractivity contribution in [2.75, 3.05) is 11.9 Å². The maximum atomic E-state index is 4.23. The SMILES string of the molecule is CCC1CCC(CNc2cc(C)ncn2)CC1. The molecular formula is C14H23N3. The first-order chi connectivity index (χ1) is 8.28. The molecule has 3 nitrogen and oxygen atoms in total. The Labute approximate surface area is 104 Å². The van der Waals surface area contributed by atoms with E-state index in [1.54, 1.807) is 6.33 Å². The van der Waals surface area contributed by atoms with E-state index in [0.717, 1.165) is 29.9 Å². The summed E-state index contributed by atoms with van der Waals surface area (Å²) in [6.07, 6.45) is 8.54. The molecule has 94 valence electrons. The van der Waals surface area contributed by atoms with Crippen LogP contribution in [0, 0.1) is 18.8 Å². The van der Waals surface area contributed by atoms with Crippen molar-refractivity contribution < 1.29 is 0 Å². The molecule has 0 aromatic carbocycles. The van der Waals surface area contributed by atoms with Crippen molar-refractivity contribution >= 4 is 5.82 Å². The van der Waals surface area contributed by atoms with Gasteiger partial charge in [0, 0.05) is 18.3 Å². The molecule has 1 heterocycles. The number of hydrogen-bond donors (Lipinski definition) is 1. The summed E-state index contributed by atoms with van der Waals surface area (Å²) in [6.45, 7) is 5.37. The highest BCUT2D eigenvalue weighted by atomic mass is 15.0. The lowest BCUT2D eigenvalue weighted by Crippen LogP contribution is -2.21. The monoisotopic (exact) mass is 233 g/mol. The van der Waals surface area contributed by atoms with Crippen molar-refractivity contribution in [1.29, 1.82) is 0 Å². The molecule has 0 spiro atoms. The third-order valence-electron chi connectivity index (χ3n) is 3.92. The van der Waals surface area contributed by atoms with Crippen molar-refractivity contribution in [3.05, 3.63) is 18.1 Å². The first-order valence-electron chi connectivity index (χ1n) is 6.80. The van der Waals surface area contributed by atoms with Crippen LogP contribution in [-0.2, 0) is 0 Å². The van der Waals surface area contributed by atoms with E-state index in [0.29, 0.717) is 0 Å². The topological polar surface area (TPSA) is 37.8 Å². The number of aromatic nitrogens is 2. The highest BCUT2D eigenvalue weighted by Crippen LogP contribution is 2.30. The lowest BCUT2D eigenvalue weighted by Gasteiger charge is -2.27. The summed E-state index contributed by atoms with van der Waals surface area (Å²) in [5.74, 6) is 2.77. The van der Waals surface area contributed by atoms with Crippen LogP contribution in [0.1, 0.15) is 44.7 Å². The molecule has 1 aliphatic carbocycles. The molecule has 0 bridgehead atoms. The average Bonchev–Trinajstić information content (AvgIpc) is 2.37. The number of anilines is 1. The zero-order chi connectivity index (χ0) is 12.1. The molecule has 3 heteroatoms. The minimum Gasteiger partial charge on any atom is -0.370 e. The molecule has 1 aliphatic rings. The second-order valence-corrected chi connectivity index (χ2v) is 5.22. The first kappa shape index (κ1) is 12.3. The number of hydrogen-bond acceptors (Lipinski definition) is 3. The fourth-order valence-corrected chi connectivity index (χ4v) is 2.64. The van der Waals surface area contributed by atoms with Crippen molar-refractivity contribution in [1.82, 2.24) is 9.97 Å². The van der Waals surface area contributed by atoms with Gasteiger partial charge in [-0.1, -0.05) is 26.2 Å². The summed E-state index contributed by atoms with van der Waals surface area (Å²) in [5, 5.41) is 3.44.